The molecule has 0 rings (SSSR count). The molecule has 16 heavy (non-hydrogen) atoms. The van der Waals surface area contributed by atoms with Gasteiger partial charge in [0.15, 0.2) is 0 Å². The van der Waals surface area contributed by atoms with Crippen molar-refractivity contribution in [3.63, 3.8) is 0 Å². The van der Waals surface area contributed by atoms with Crippen LogP contribution in [0.5, 0.6) is 0 Å². The zero-order valence-corrected chi connectivity index (χ0v) is 12.3. The van der Waals surface area contributed by atoms with Gasteiger partial charge in [0.1, 0.15) is 0 Å². The molecule has 0 unspecified atom stereocenters. The molecule has 0 bridgehead atoms. The average Bonchev–Trinajstić information content (AvgIpc) is 2.04. The molecule has 0 saturated heterocycles. The quantitative estimate of drug-likeness (QED) is 0.521. The van der Waals surface area contributed by atoms with Crippen LogP contribution in [0.25, 0.3) is 0 Å². The van der Waals surface area contributed by atoms with E-state index in [4.69, 9.17) is 15.3 Å². The van der Waals surface area contributed by atoms with Crippen LogP contribution in [0.3, 0.4) is 0 Å². The molecule has 0 aromatic carbocycles. The fourth-order valence-corrected chi connectivity index (χ4v) is 0. The number of aliphatic hydroxyl groups excluding tert-OH is 3. The van der Waals surface area contributed by atoms with Gasteiger partial charge in [-0.2, -0.15) is 0 Å². The van der Waals surface area contributed by atoms with E-state index in [2.05, 4.69) is 13.2 Å². The standard InChI is InChI=1S/2C4H8O.C3H8O.H2O.Ti/c2*1-4(2)3-5;1-3(2)4;;/h2*5H,1,3H2,2H3;3-4H,1-2H3;1H2;/p-1. The van der Waals surface area contributed by atoms with E-state index in [0.29, 0.717) is 0 Å². The molecule has 98 valence electrons. The third-order valence-electron chi connectivity index (χ3n) is 0.540. The maximum Gasteiger partial charge on any atom is 0.0636 e. The first-order chi connectivity index (χ1) is 6.27. The van der Waals surface area contributed by atoms with Crippen molar-refractivity contribution in [2.45, 2.75) is 33.8 Å². The van der Waals surface area contributed by atoms with E-state index in [1.807, 2.05) is 0 Å². The molecule has 0 aliphatic heterocycles. The largest absolute Gasteiger partial charge is 0.870 e. The fourth-order valence-electron chi connectivity index (χ4n) is 0. The summed E-state index contributed by atoms with van der Waals surface area (Å²) >= 11 is 0. The van der Waals surface area contributed by atoms with Gasteiger partial charge in [-0.25, -0.2) is 0 Å². The van der Waals surface area contributed by atoms with Gasteiger partial charge in [-0.05, 0) is 27.7 Å². The minimum atomic E-state index is -0.167. The summed E-state index contributed by atoms with van der Waals surface area (Å²) in [7, 11) is 0. The molecule has 0 heterocycles. The minimum absolute atomic E-state index is 0. The third kappa shape index (κ3) is 146. The van der Waals surface area contributed by atoms with Gasteiger partial charge < -0.3 is 20.8 Å². The van der Waals surface area contributed by atoms with Crippen LogP contribution in [0.1, 0.15) is 27.7 Å². The summed E-state index contributed by atoms with van der Waals surface area (Å²) in [6, 6.07) is 0. The third-order valence-corrected chi connectivity index (χ3v) is 0.540. The Morgan fingerprint density at radius 3 is 1.06 bits per heavy atom. The average molecular weight is 269 g/mol. The van der Waals surface area contributed by atoms with Crippen molar-refractivity contribution < 1.29 is 42.5 Å². The van der Waals surface area contributed by atoms with Gasteiger partial charge in [0, 0.05) is 27.8 Å². The zero-order valence-electron chi connectivity index (χ0n) is 10.7. The molecule has 0 fully saturated rings. The van der Waals surface area contributed by atoms with Gasteiger partial charge in [0.25, 0.3) is 0 Å². The van der Waals surface area contributed by atoms with Crippen molar-refractivity contribution in [1.82, 2.24) is 0 Å². The smallest absolute Gasteiger partial charge is 0.0636 e. The van der Waals surface area contributed by atoms with Gasteiger partial charge in [0.2, 0.25) is 0 Å². The van der Waals surface area contributed by atoms with Crippen LogP contribution in [0.4, 0.5) is 0 Å². The summed E-state index contributed by atoms with van der Waals surface area (Å²) in [5, 5.41) is 24.1. The molecule has 5 heteroatoms. The van der Waals surface area contributed by atoms with E-state index in [9.17, 15) is 0 Å². The number of rotatable bonds is 2. The van der Waals surface area contributed by atoms with Gasteiger partial charge in [-0.1, -0.05) is 24.3 Å². The molecule has 0 aromatic rings. The Balaban J connectivity index is -0.0000000358. The minimum Gasteiger partial charge on any atom is -0.870 e. The van der Waals surface area contributed by atoms with Gasteiger partial charge >= 0.3 is 0 Å². The van der Waals surface area contributed by atoms with Crippen molar-refractivity contribution in [2.24, 2.45) is 0 Å². The monoisotopic (exact) mass is 269 g/mol. The predicted molar refractivity (Wildman–Crippen MR) is 63.1 cm³/mol. The van der Waals surface area contributed by atoms with E-state index < -0.39 is 0 Å². The summed E-state index contributed by atoms with van der Waals surface area (Å²) in [4.78, 5) is 0. The summed E-state index contributed by atoms with van der Waals surface area (Å²) in [5.41, 5.74) is 1.62. The van der Waals surface area contributed by atoms with E-state index in [-0.39, 0.29) is 46.5 Å². The molecule has 4 nitrogen and oxygen atoms in total. The van der Waals surface area contributed by atoms with E-state index in [1.54, 1.807) is 27.7 Å². The van der Waals surface area contributed by atoms with Crippen LogP contribution in [-0.2, 0) is 21.7 Å². The molecule has 0 saturated carbocycles. The molecule has 0 amide bonds. The maximum absolute atomic E-state index is 8.06. The fraction of sp³-hybridized carbons (Fsp3) is 0.636. The van der Waals surface area contributed by atoms with Crippen LogP contribution >= 0.6 is 0 Å². The van der Waals surface area contributed by atoms with E-state index in [0.717, 1.165) is 11.1 Å². The second-order valence-electron chi connectivity index (χ2n) is 3.32. The van der Waals surface area contributed by atoms with Crippen molar-refractivity contribution in [1.29, 1.82) is 0 Å². The van der Waals surface area contributed by atoms with Gasteiger partial charge in [-0.15, -0.1) is 0 Å². The SMILES string of the molecule is C=C(C)CO.C=C(C)CO.CC(C)O.[OH-].[Ti]. The molecule has 0 aromatic heterocycles. The maximum atomic E-state index is 8.06. The first kappa shape index (κ1) is 29.8. The Morgan fingerprint density at radius 2 is 1.06 bits per heavy atom. The molecular formula is C11H25O4Ti-. The number of hydrogen-bond donors (Lipinski definition) is 3. The Bertz CT molecular complexity index is 130. The van der Waals surface area contributed by atoms with Gasteiger partial charge in [-0.3, -0.25) is 0 Å². The van der Waals surface area contributed by atoms with Crippen LogP contribution in [-0.4, -0.2) is 40.1 Å². The summed E-state index contributed by atoms with van der Waals surface area (Å²) < 4.78 is 0. The summed E-state index contributed by atoms with van der Waals surface area (Å²) in [5.74, 6) is 0. The number of aliphatic hydroxyl groups is 3. The summed E-state index contributed by atoms with van der Waals surface area (Å²) in [6.07, 6.45) is -0.167. The first-order valence-corrected chi connectivity index (χ1v) is 4.46. The Morgan fingerprint density at radius 1 is 1.00 bits per heavy atom. The van der Waals surface area contributed by atoms with Crippen LogP contribution in [0, 0.1) is 0 Å². The van der Waals surface area contributed by atoms with Crippen molar-refractivity contribution in [2.75, 3.05) is 13.2 Å². The molecule has 0 radical (unpaired) electrons. The molecule has 0 spiro atoms. The van der Waals surface area contributed by atoms with Gasteiger partial charge in [0.05, 0.1) is 13.2 Å². The van der Waals surface area contributed by atoms with E-state index in [1.165, 1.54) is 0 Å². The second-order valence-corrected chi connectivity index (χ2v) is 3.32. The molecule has 0 atom stereocenters. The van der Waals surface area contributed by atoms with E-state index >= 15 is 0 Å². The Labute approximate surface area is 114 Å². The van der Waals surface area contributed by atoms with Crippen molar-refractivity contribution in [3.05, 3.63) is 24.3 Å². The second kappa shape index (κ2) is 24.3. The summed E-state index contributed by atoms with van der Waals surface area (Å²) in [6.45, 7) is 14.1. The van der Waals surface area contributed by atoms with Crippen molar-refractivity contribution in [3.8, 4) is 0 Å². The van der Waals surface area contributed by atoms with Crippen LogP contribution < -0.4 is 0 Å². The Kier molecular flexibility index (Phi) is 45.2. The normalized spacial score (nSPS) is 7.00. The topological polar surface area (TPSA) is 90.7 Å². The molecular weight excluding hydrogens is 244 g/mol. The Hall–Kier alpha value is 0.0343. The first-order valence-electron chi connectivity index (χ1n) is 4.46. The van der Waals surface area contributed by atoms with Crippen LogP contribution in [0.15, 0.2) is 24.3 Å². The molecule has 0 aliphatic carbocycles. The van der Waals surface area contributed by atoms with Crippen LogP contribution in [0.2, 0.25) is 0 Å². The predicted octanol–water partition coefficient (Wildman–Crippen LogP) is 1.32. The molecule has 0 aliphatic rings. The molecule has 4 N–H and O–H groups in total. The number of hydrogen-bond acceptors (Lipinski definition) is 4. The van der Waals surface area contributed by atoms with Crippen molar-refractivity contribution >= 4 is 0 Å². The zero-order chi connectivity index (χ0) is 12.1.